The van der Waals surface area contributed by atoms with Crippen LogP contribution in [0.4, 0.5) is 0 Å². The van der Waals surface area contributed by atoms with E-state index in [-0.39, 0.29) is 0 Å². The van der Waals surface area contributed by atoms with Gasteiger partial charge in [-0.05, 0) is 39.3 Å². The summed E-state index contributed by atoms with van der Waals surface area (Å²) in [7, 11) is 0. The van der Waals surface area contributed by atoms with E-state index in [4.69, 9.17) is 0 Å². The SMILES string of the molecule is C=CCN(CC1CCNC1)C(C)C. The third-order valence-electron chi connectivity index (χ3n) is 2.75. The van der Waals surface area contributed by atoms with Crippen molar-refractivity contribution in [3.63, 3.8) is 0 Å². The van der Waals surface area contributed by atoms with Crippen LogP contribution < -0.4 is 5.32 Å². The first-order valence-corrected chi connectivity index (χ1v) is 5.29. The molecule has 0 bridgehead atoms. The van der Waals surface area contributed by atoms with Crippen LogP contribution in [0.5, 0.6) is 0 Å². The molecule has 76 valence electrons. The quantitative estimate of drug-likeness (QED) is 0.648. The summed E-state index contributed by atoms with van der Waals surface area (Å²) >= 11 is 0. The van der Waals surface area contributed by atoms with E-state index in [2.05, 4.69) is 30.6 Å². The Bertz CT molecular complexity index is 148. The van der Waals surface area contributed by atoms with Gasteiger partial charge in [0, 0.05) is 19.1 Å². The van der Waals surface area contributed by atoms with Crippen LogP contribution in [0.1, 0.15) is 20.3 Å². The maximum absolute atomic E-state index is 3.80. The zero-order valence-electron chi connectivity index (χ0n) is 8.92. The zero-order valence-corrected chi connectivity index (χ0v) is 8.92. The Balaban J connectivity index is 2.31. The molecule has 2 heteroatoms. The van der Waals surface area contributed by atoms with Gasteiger partial charge in [0.15, 0.2) is 0 Å². The molecule has 0 aromatic carbocycles. The van der Waals surface area contributed by atoms with Gasteiger partial charge in [-0.2, -0.15) is 0 Å². The number of rotatable bonds is 5. The van der Waals surface area contributed by atoms with Crippen molar-refractivity contribution < 1.29 is 0 Å². The average molecular weight is 182 g/mol. The summed E-state index contributed by atoms with van der Waals surface area (Å²) in [6.45, 7) is 12.9. The van der Waals surface area contributed by atoms with Gasteiger partial charge in [0.05, 0.1) is 0 Å². The van der Waals surface area contributed by atoms with Crippen molar-refractivity contribution >= 4 is 0 Å². The monoisotopic (exact) mass is 182 g/mol. The molecule has 1 rings (SSSR count). The molecule has 1 N–H and O–H groups in total. The highest BCUT2D eigenvalue weighted by atomic mass is 15.1. The van der Waals surface area contributed by atoms with Crippen molar-refractivity contribution in [1.82, 2.24) is 10.2 Å². The maximum Gasteiger partial charge on any atom is 0.0163 e. The van der Waals surface area contributed by atoms with Crippen molar-refractivity contribution in [2.24, 2.45) is 5.92 Å². The molecule has 0 saturated carbocycles. The predicted molar refractivity (Wildman–Crippen MR) is 57.9 cm³/mol. The first-order valence-electron chi connectivity index (χ1n) is 5.29. The van der Waals surface area contributed by atoms with Crippen LogP contribution in [-0.4, -0.2) is 37.1 Å². The highest BCUT2D eigenvalue weighted by Gasteiger charge is 2.18. The minimum atomic E-state index is 0.638. The van der Waals surface area contributed by atoms with Gasteiger partial charge in [-0.15, -0.1) is 6.58 Å². The lowest BCUT2D eigenvalue weighted by molar-refractivity contribution is 0.213. The smallest absolute Gasteiger partial charge is 0.0163 e. The molecule has 0 aromatic rings. The highest BCUT2D eigenvalue weighted by molar-refractivity contribution is 4.80. The van der Waals surface area contributed by atoms with Gasteiger partial charge in [0.1, 0.15) is 0 Å². The zero-order chi connectivity index (χ0) is 9.68. The van der Waals surface area contributed by atoms with Crippen LogP contribution in [-0.2, 0) is 0 Å². The van der Waals surface area contributed by atoms with E-state index in [0.717, 1.165) is 12.5 Å². The molecule has 2 nitrogen and oxygen atoms in total. The van der Waals surface area contributed by atoms with Gasteiger partial charge >= 0.3 is 0 Å². The third kappa shape index (κ3) is 3.49. The van der Waals surface area contributed by atoms with Crippen molar-refractivity contribution in [2.75, 3.05) is 26.2 Å². The fourth-order valence-corrected chi connectivity index (χ4v) is 1.86. The molecule has 0 radical (unpaired) electrons. The van der Waals surface area contributed by atoms with Crippen LogP contribution in [0.15, 0.2) is 12.7 Å². The van der Waals surface area contributed by atoms with Crippen LogP contribution in [0.3, 0.4) is 0 Å². The van der Waals surface area contributed by atoms with Crippen LogP contribution >= 0.6 is 0 Å². The van der Waals surface area contributed by atoms with Gasteiger partial charge in [-0.1, -0.05) is 6.08 Å². The van der Waals surface area contributed by atoms with Gasteiger partial charge in [0.25, 0.3) is 0 Å². The van der Waals surface area contributed by atoms with Gasteiger partial charge < -0.3 is 5.32 Å². The Hall–Kier alpha value is -0.340. The molecule has 0 aromatic heterocycles. The molecular formula is C11H22N2. The summed E-state index contributed by atoms with van der Waals surface area (Å²) in [6.07, 6.45) is 3.34. The molecule has 0 aliphatic carbocycles. The molecule has 1 unspecified atom stereocenters. The van der Waals surface area contributed by atoms with Gasteiger partial charge in [-0.25, -0.2) is 0 Å². The Labute approximate surface area is 82.0 Å². The van der Waals surface area contributed by atoms with E-state index in [1.807, 2.05) is 6.08 Å². The molecular weight excluding hydrogens is 160 g/mol. The van der Waals surface area contributed by atoms with Crippen molar-refractivity contribution in [2.45, 2.75) is 26.3 Å². The Kier molecular flexibility index (Phi) is 4.46. The normalized spacial score (nSPS) is 22.9. The van der Waals surface area contributed by atoms with Gasteiger partial charge in [0.2, 0.25) is 0 Å². The lowest BCUT2D eigenvalue weighted by Gasteiger charge is -2.27. The lowest BCUT2D eigenvalue weighted by Crippen LogP contribution is -2.36. The summed E-state index contributed by atoms with van der Waals surface area (Å²) in [5.74, 6) is 0.849. The maximum atomic E-state index is 3.80. The molecule has 1 aliphatic rings. The van der Waals surface area contributed by atoms with Crippen molar-refractivity contribution in [1.29, 1.82) is 0 Å². The average Bonchev–Trinajstić information content (AvgIpc) is 2.56. The van der Waals surface area contributed by atoms with Crippen molar-refractivity contribution in [3.05, 3.63) is 12.7 Å². The molecule has 1 atom stereocenters. The van der Waals surface area contributed by atoms with Crippen LogP contribution in [0.2, 0.25) is 0 Å². The fourth-order valence-electron chi connectivity index (χ4n) is 1.86. The summed E-state index contributed by atoms with van der Waals surface area (Å²) in [4.78, 5) is 2.49. The largest absolute Gasteiger partial charge is 0.316 e. The first-order chi connectivity index (χ1) is 6.24. The molecule has 1 heterocycles. The summed E-state index contributed by atoms with van der Waals surface area (Å²) in [5.41, 5.74) is 0. The Morgan fingerprint density at radius 1 is 1.62 bits per heavy atom. The predicted octanol–water partition coefficient (Wildman–Crippen LogP) is 1.49. The second-order valence-corrected chi connectivity index (χ2v) is 4.20. The fraction of sp³-hybridized carbons (Fsp3) is 0.818. The molecule has 0 amide bonds. The Morgan fingerprint density at radius 2 is 2.38 bits per heavy atom. The minimum Gasteiger partial charge on any atom is -0.316 e. The van der Waals surface area contributed by atoms with E-state index in [9.17, 15) is 0 Å². The van der Waals surface area contributed by atoms with E-state index in [1.165, 1.54) is 26.1 Å². The standard InChI is InChI=1S/C11H22N2/c1-4-7-13(10(2)3)9-11-5-6-12-8-11/h4,10-12H,1,5-9H2,2-3H3. The first kappa shape index (κ1) is 10.7. The van der Waals surface area contributed by atoms with E-state index in [1.54, 1.807) is 0 Å². The molecule has 0 spiro atoms. The van der Waals surface area contributed by atoms with Crippen LogP contribution in [0.25, 0.3) is 0 Å². The lowest BCUT2D eigenvalue weighted by atomic mass is 10.1. The number of hydrogen-bond donors (Lipinski definition) is 1. The Morgan fingerprint density at radius 3 is 2.85 bits per heavy atom. The number of nitrogens with one attached hydrogen (secondary N) is 1. The summed E-state index contributed by atoms with van der Waals surface area (Å²) < 4.78 is 0. The second kappa shape index (κ2) is 5.40. The molecule has 13 heavy (non-hydrogen) atoms. The van der Waals surface area contributed by atoms with Crippen molar-refractivity contribution in [3.8, 4) is 0 Å². The summed E-state index contributed by atoms with van der Waals surface area (Å²) in [6, 6.07) is 0.638. The van der Waals surface area contributed by atoms with E-state index >= 15 is 0 Å². The number of hydrogen-bond acceptors (Lipinski definition) is 2. The molecule has 1 fully saturated rings. The second-order valence-electron chi connectivity index (χ2n) is 4.20. The topological polar surface area (TPSA) is 15.3 Å². The molecule has 1 saturated heterocycles. The highest BCUT2D eigenvalue weighted by Crippen LogP contribution is 2.11. The summed E-state index contributed by atoms with van der Waals surface area (Å²) in [5, 5.41) is 3.41. The number of nitrogens with zero attached hydrogens (tertiary/aromatic N) is 1. The third-order valence-corrected chi connectivity index (χ3v) is 2.75. The molecule has 1 aliphatic heterocycles. The minimum absolute atomic E-state index is 0.638. The van der Waals surface area contributed by atoms with Gasteiger partial charge in [-0.3, -0.25) is 4.90 Å². The van der Waals surface area contributed by atoms with E-state index < -0.39 is 0 Å². The van der Waals surface area contributed by atoms with Crippen LogP contribution in [0, 0.1) is 5.92 Å². The van der Waals surface area contributed by atoms with E-state index in [0.29, 0.717) is 6.04 Å².